The molecule has 1 fully saturated rings. The zero-order valence-electron chi connectivity index (χ0n) is 16.2. The van der Waals surface area contributed by atoms with Crippen molar-refractivity contribution < 1.29 is 9.47 Å². The number of hydrogen-bond donors (Lipinski definition) is 0. The van der Waals surface area contributed by atoms with Gasteiger partial charge in [0.05, 0.1) is 18.7 Å². The third kappa shape index (κ3) is 2.90. The van der Waals surface area contributed by atoms with Crippen molar-refractivity contribution in [2.75, 3.05) is 32.2 Å². The zero-order valence-corrected chi connectivity index (χ0v) is 17.8. The molecule has 1 aliphatic heterocycles. The Balaban J connectivity index is 1.77. The Hall–Kier alpha value is -2.87. The first-order chi connectivity index (χ1) is 14.2. The molecule has 3 heterocycles. The van der Waals surface area contributed by atoms with E-state index >= 15 is 0 Å². The smallest absolute Gasteiger partial charge is 0.186 e. The maximum Gasteiger partial charge on any atom is 0.186 e. The van der Waals surface area contributed by atoms with E-state index in [9.17, 15) is 0 Å². The predicted octanol–water partition coefficient (Wildman–Crippen LogP) is 4.32. The van der Waals surface area contributed by atoms with E-state index in [-0.39, 0.29) is 0 Å². The molecule has 0 unspecified atom stereocenters. The van der Waals surface area contributed by atoms with E-state index in [2.05, 4.69) is 43.2 Å². The molecule has 0 atom stereocenters. The van der Waals surface area contributed by atoms with Crippen molar-refractivity contribution in [3.8, 4) is 22.9 Å². The fourth-order valence-corrected chi connectivity index (χ4v) is 4.56. The van der Waals surface area contributed by atoms with E-state index in [0.717, 1.165) is 45.4 Å². The number of rotatable bonds is 4. The fourth-order valence-electron chi connectivity index (χ4n) is 3.95. The number of methoxy groups -OCH3 is 2. The van der Waals surface area contributed by atoms with Crippen molar-refractivity contribution >= 4 is 38.2 Å². The molecule has 2 aromatic heterocycles. The minimum absolute atomic E-state index is 0.620. The lowest BCUT2D eigenvalue weighted by Gasteiger charge is -2.19. The number of halogens is 1. The van der Waals surface area contributed by atoms with Crippen LogP contribution in [0.25, 0.3) is 27.8 Å². The summed E-state index contributed by atoms with van der Waals surface area (Å²) in [5.74, 6) is 2.90. The second-order valence-corrected chi connectivity index (χ2v) is 7.87. The van der Waals surface area contributed by atoms with Gasteiger partial charge in [0.1, 0.15) is 0 Å². The minimum Gasteiger partial charge on any atom is -0.493 e. The van der Waals surface area contributed by atoms with Gasteiger partial charge in [-0.3, -0.25) is 0 Å². The van der Waals surface area contributed by atoms with Crippen molar-refractivity contribution in [1.82, 2.24) is 19.8 Å². The van der Waals surface area contributed by atoms with Gasteiger partial charge in [-0.25, -0.2) is 0 Å². The molecule has 0 bridgehead atoms. The summed E-state index contributed by atoms with van der Waals surface area (Å²) in [6.07, 6.45) is 2.37. The molecule has 0 radical (unpaired) electrons. The number of hydrogen-bond acceptors (Lipinski definition) is 6. The van der Waals surface area contributed by atoms with E-state index in [1.54, 1.807) is 14.2 Å². The van der Waals surface area contributed by atoms with E-state index < -0.39 is 0 Å². The van der Waals surface area contributed by atoms with Crippen LogP contribution >= 0.6 is 15.9 Å². The lowest BCUT2D eigenvalue weighted by molar-refractivity contribution is 0.353. The molecule has 0 saturated carbocycles. The first-order valence-electron chi connectivity index (χ1n) is 9.52. The number of anilines is 1. The standard InChI is InChI=1S/C21H20BrN5O2/c1-28-17-12-13(11-16(22)18(17)29-2)19-23-24-20-14-7-3-4-8-15(14)21(25-27(19)20)26-9-5-6-10-26/h3-4,7-8,11-12H,5-6,9-10H2,1-2H3. The Labute approximate surface area is 176 Å². The van der Waals surface area contributed by atoms with Crippen molar-refractivity contribution in [3.63, 3.8) is 0 Å². The highest BCUT2D eigenvalue weighted by Gasteiger charge is 2.22. The van der Waals surface area contributed by atoms with Crippen molar-refractivity contribution in [1.29, 1.82) is 0 Å². The van der Waals surface area contributed by atoms with Crippen LogP contribution in [-0.4, -0.2) is 47.1 Å². The topological polar surface area (TPSA) is 64.8 Å². The van der Waals surface area contributed by atoms with E-state index in [1.807, 2.05) is 28.8 Å². The van der Waals surface area contributed by atoms with E-state index in [0.29, 0.717) is 17.3 Å². The number of ether oxygens (including phenoxy) is 2. The summed E-state index contributed by atoms with van der Waals surface area (Å²) in [4.78, 5) is 2.34. The van der Waals surface area contributed by atoms with Crippen LogP contribution in [0, 0.1) is 0 Å². The Morgan fingerprint density at radius 3 is 2.45 bits per heavy atom. The Bertz CT molecular complexity index is 1220. The summed E-state index contributed by atoms with van der Waals surface area (Å²) in [7, 11) is 3.23. The molecular formula is C21H20BrN5O2. The molecule has 29 heavy (non-hydrogen) atoms. The summed E-state index contributed by atoms with van der Waals surface area (Å²) in [5, 5.41) is 16.1. The Morgan fingerprint density at radius 1 is 0.966 bits per heavy atom. The number of aromatic nitrogens is 4. The van der Waals surface area contributed by atoms with Gasteiger partial charge < -0.3 is 14.4 Å². The largest absolute Gasteiger partial charge is 0.493 e. The average Bonchev–Trinajstić information content (AvgIpc) is 3.42. The molecule has 0 N–H and O–H groups in total. The maximum atomic E-state index is 5.50. The molecule has 0 aliphatic carbocycles. The lowest BCUT2D eigenvalue weighted by Crippen LogP contribution is -2.20. The molecule has 0 amide bonds. The van der Waals surface area contributed by atoms with Crippen molar-refractivity contribution in [2.24, 2.45) is 0 Å². The minimum atomic E-state index is 0.620. The normalized spacial score (nSPS) is 14.1. The van der Waals surface area contributed by atoms with Crippen molar-refractivity contribution in [2.45, 2.75) is 12.8 Å². The number of benzene rings is 2. The Morgan fingerprint density at radius 2 is 1.72 bits per heavy atom. The molecule has 1 saturated heterocycles. The van der Waals surface area contributed by atoms with Gasteiger partial charge in [-0.2, -0.15) is 4.52 Å². The quantitative estimate of drug-likeness (QED) is 0.458. The highest BCUT2D eigenvalue weighted by atomic mass is 79.9. The molecule has 4 aromatic rings. The maximum absolute atomic E-state index is 5.50. The van der Waals surface area contributed by atoms with Gasteiger partial charge in [0, 0.05) is 29.4 Å². The zero-order chi connectivity index (χ0) is 20.0. The molecule has 5 rings (SSSR count). The van der Waals surface area contributed by atoms with Gasteiger partial charge in [0.25, 0.3) is 0 Å². The van der Waals surface area contributed by atoms with Gasteiger partial charge in [-0.15, -0.1) is 15.3 Å². The molecule has 1 aliphatic rings. The number of fused-ring (bicyclic) bond motifs is 3. The van der Waals surface area contributed by atoms with Crippen LogP contribution in [0.3, 0.4) is 0 Å². The van der Waals surface area contributed by atoms with Crippen LogP contribution in [0.2, 0.25) is 0 Å². The van der Waals surface area contributed by atoms with E-state index in [4.69, 9.17) is 14.6 Å². The molecule has 0 spiro atoms. The molecule has 148 valence electrons. The van der Waals surface area contributed by atoms with Crippen LogP contribution in [0.4, 0.5) is 5.82 Å². The van der Waals surface area contributed by atoms with Gasteiger partial charge in [-0.1, -0.05) is 24.3 Å². The summed E-state index contributed by atoms with van der Waals surface area (Å²) in [6.45, 7) is 2.03. The van der Waals surface area contributed by atoms with Crippen LogP contribution in [0.1, 0.15) is 12.8 Å². The van der Waals surface area contributed by atoms with Crippen LogP contribution in [0.5, 0.6) is 11.5 Å². The SMILES string of the molecule is COc1cc(-c2nnc3c4ccccc4c(N4CCCC4)nn23)cc(Br)c1OC. The van der Waals surface area contributed by atoms with Gasteiger partial charge in [0.15, 0.2) is 28.8 Å². The third-order valence-corrected chi connectivity index (χ3v) is 5.93. The summed E-state index contributed by atoms with van der Waals surface area (Å²) >= 11 is 3.57. The average molecular weight is 454 g/mol. The lowest BCUT2D eigenvalue weighted by atomic mass is 10.1. The summed E-state index contributed by atoms with van der Waals surface area (Å²) in [6, 6.07) is 12.1. The third-order valence-electron chi connectivity index (χ3n) is 5.34. The van der Waals surface area contributed by atoms with Gasteiger partial charge in [0.2, 0.25) is 0 Å². The summed E-state index contributed by atoms with van der Waals surface area (Å²) in [5.41, 5.74) is 1.58. The second-order valence-electron chi connectivity index (χ2n) is 7.02. The van der Waals surface area contributed by atoms with E-state index in [1.165, 1.54) is 12.8 Å². The van der Waals surface area contributed by atoms with Crippen LogP contribution < -0.4 is 14.4 Å². The first-order valence-corrected chi connectivity index (χ1v) is 10.3. The Kier molecular flexibility index (Phi) is 4.50. The fraction of sp³-hybridized carbons (Fsp3) is 0.286. The predicted molar refractivity (Wildman–Crippen MR) is 116 cm³/mol. The molecular weight excluding hydrogens is 434 g/mol. The monoisotopic (exact) mass is 453 g/mol. The first kappa shape index (κ1) is 18.2. The van der Waals surface area contributed by atoms with Crippen LogP contribution in [-0.2, 0) is 0 Å². The molecule has 8 heteroatoms. The highest BCUT2D eigenvalue weighted by molar-refractivity contribution is 9.10. The van der Waals surface area contributed by atoms with Crippen LogP contribution in [0.15, 0.2) is 40.9 Å². The van der Waals surface area contributed by atoms with Crippen molar-refractivity contribution in [3.05, 3.63) is 40.9 Å². The molecule has 2 aromatic carbocycles. The second kappa shape index (κ2) is 7.18. The summed E-state index contributed by atoms with van der Waals surface area (Å²) < 4.78 is 13.6. The van der Waals surface area contributed by atoms with Gasteiger partial charge in [-0.05, 0) is 40.9 Å². The molecule has 7 nitrogen and oxygen atoms in total. The van der Waals surface area contributed by atoms with Gasteiger partial charge >= 0.3 is 0 Å². The highest BCUT2D eigenvalue weighted by Crippen LogP contribution is 2.39. The number of nitrogens with zero attached hydrogens (tertiary/aromatic N) is 5.